The fraction of sp³-hybridized carbons (Fsp3) is 0.364. The smallest absolute Gasteiger partial charge is 0.220 e. The summed E-state index contributed by atoms with van der Waals surface area (Å²) in [6, 6.07) is 1.98. The zero-order valence-electron chi connectivity index (χ0n) is 9.27. The van der Waals surface area contributed by atoms with E-state index in [1.807, 2.05) is 0 Å². The van der Waals surface area contributed by atoms with Gasteiger partial charge in [-0.15, -0.1) is 0 Å². The molecule has 1 fully saturated rings. The van der Waals surface area contributed by atoms with Gasteiger partial charge in [0.25, 0.3) is 0 Å². The number of hydrogen-bond acceptors (Lipinski definition) is 4. The van der Waals surface area contributed by atoms with Crippen molar-refractivity contribution < 1.29 is 4.79 Å². The van der Waals surface area contributed by atoms with Crippen molar-refractivity contribution in [2.45, 2.75) is 18.9 Å². The number of aromatic nitrogens is 1. The molecular weight excluding hydrogens is 236 g/mol. The molecule has 2 heterocycles. The van der Waals surface area contributed by atoms with E-state index >= 15 is 0 Å². The maximum Gasteiger partial charge on any atom is 0.220 e. The molecule has 0 bridgehead atoms. The van der Waals surface area contributed by atoms with E-state index in [9.17, 15) is 4.79 Å². The van der Waals surface area contributed by atoms with Crippen LogP contribution in [0.2, 0.25) is 0 Å². The van der Waals surface area contributed by atoms with Gasteiger partial charge in [0, 0.05) is 30.8 Å². The maximum atomic E-state index is 11.0. The summed E-state index contributed by atoms with van der Waals surface area (Å²) in [7, 11) is 0. The maximum absolute atomic E-state index is 11.0. The second kappa shape index (κ2) is 5.09. The molecule has 0 radical (unpaired) electrons. The quantitative estimate of drug-likeness (QED) is 0.677. The van der Waals surface area contributed by atoms with Crippen molar-refractivity contribution in [1.29, 1.82) is 0 Å². The summed E-state index contributed by atoms with van der Waals surface area (Å²) in [5.41, 5.74) is 7.24. The minimum Gasteiger partial charge on any atom is -0.389 e. The van der Waals surface area contributed by atoms with Crippen LogP contribution in [0.4, 0.5) is 5.69 Å². The van der Waals surface area contributed by atoms with Crippen LogP contribution < -0.4 is 16.4 Å². The Balaban J connectivity index is 2.08. The number of pyridine rings is 1. The molecule has 0 saturated carbocycles. The lowest BCUT2D eigenvalue weighted by Gasteiger charge is -2.25. The minimum absolute atomic E-state index is 0.101. The van der Waals surface area contributed by atoms with Crippen molar-refractivity contribution in [1.82, 2.24) is 10.3 Å². The molecule has 1 aromatic rings. The Labute approximate surface area is 105 Å². The van der Waals surface area contributed by atoms with Crippen LogP contribution in [0.15, 0.2) is 18.5 Å². The first-order valence-electron chi connectivity index (χ1n) is 5.44. The molecule has 1 aliphatic rings. The Hall–Kier alpha value is -1.69. The number of nitrogens with one attached hydrogen (secondary N) is 2. The van der Waals surface area contributed by atoms with Crippen molar-refractivity contribution >= 4 is 28.8 Å². The van der Waals surface area contributed by atoms with Crippen LogP contribution in [0, 0.1) is 0 Å². The highest BCUT2D eigenvalue weighted by atomic mass is 32.1. The normalized spacial score (nSPS) is 19.5. The summed E-state index contributed by atoms with van der Waals surface area (Å²) >= 11 is 4.98. The molecule has 0 aromatic carbocycles. The summed E-state index contributed by atoms with van der Waals surface area (Å²) in [6.45, 7) is 0.616. The molecule has 1 saturated heterocycles. The third-order valence-corrected chi connectivity index (χ3v) is 2.93. The summed E-state index contributed by atoms with van der Waals surface area (Å²) in [5.74, 6) is 0.101. The summed E-state index contributed by atoms with van der Waals surface area (Å²) in [5, 5.41) is 6.12. The number of rotatable bonds is 3. The number of hydrogen-bond donors (Lipinski definition) is 3. The van der Waals surface area contributed by atoms with Crippen LogP contribution in [0.1, 0.15) is 18.4 Å². The van der Waals surface area contributed by atoms with Gasteiger partial charge in [-0.05, 0) is 12.5 Å². The number of nitrogens with two attached hydrogens (primary N) is 1. The standard InChI is InChI=1S/C11H14N4OS/c12-11(17)8-3-4-13-6-9(8)15-7-1-2-10(16)14-5-7/h3-4,6-7,15H,1-2,5H2,(H2,12,17)(H,14,16). The molecule has 1 aliphatic heterocycles. The average Bonchev–Trinajstić information content (AvgIpc) is 2.32. The molecular formula is C11H14N4OS. The lowest BCUT2D eigenvalue weighted by molar-refractivity contribution is -0.122. The first-order chi connectivity index (χ1) is 8.16. The Morgan fingerprint density at radius 3 is 3.12 bits per heavy atom. The minimum atomic E-state index is 0.101. The average molecular weight is 250 g/mol. The Morgan fingerprint density at radius 1 is 1.65 bits per heavy atom. The van der Waals surface area contributed by atoms with E-state index in [2.05, 4.69) is 15.6 Å². The van der Waals surface area contributed by atoms with Gasteiger partial charge in [0.15, 0.2) is 0 Å². The third kappa shape index (κ3) is 2.91. The van der Waals surface area contributed by atoms with Gasteiger partial charge in [0.1, 0.15) is 4.99 Å². The number of piperidine rings is 1. The van der Waals surface area contributed by atoms with Crippen LogP contribution in [0.3, 0.4) is 0 Å². The van der Waals surface area contributed by atoms with Gasteiger partial charge < -0.3 is 16.4 Å². The highest BCUT2D eigenvalue weighted by molar-refractivity contribution is 7.80. The van der Waals surface area contributed by atoms with Gasteiger partial charge >= 0.3 is 0 Å². The van der Waals surface area contributed by atoms with Crippen molar-refractivity contribution in [3.8, 4) is 0 Å². The number of nitrogens with zero attached hydrogens (tertiary/aromatic N) is 1. The second-order valence-corrected chi connectivity index (χ2v) is 4.41. The number of anilines is 1. The zero-order chi connectivity index (χ0) is 12.3. The zero-order valence-corrected chi connectivity index (χ0v) is 10.1. The Kier molecular flexibility index (Phi) is 3.53. The Morgan fingerprint density at radius 2 is 2.47 bits per heavy atom. The predicted octanol–water partition coefficient (Wildman–Crippen LogP) is 0.406. The number of carbonyl (C=O) groups is 1. The number of amides is 1. The number of carbonyl (C=O) groups excluding carboxylic acids is 1. The largest absolute Gasteiger partial charge is 0.389 e. The van der Waals surface area contributed by atoms with Gasteiger partial charge in [-0.2, -0.15) is 0 Å². The highest BCUT2D eigenvalue weighted by Gasteiger charge is 2.18. The fourth-order valence-corrected chi connectivity index (χ4v) is 1.98. The van der Waals surface area contributed by atoms with Gasteiger partial charge in [-0.25, -0.2) is 0 Å². The molecule has 4 N–H and O–H groups in total. The number of thiocarbonyl (C=S) groups is 1. The summed E-state index contributed by atoms with van der Waals surface area (Å²) < 4.78 is 0. The van der Waals surface area contributed by atoms with E-state index in [4.69, 9.17) is 18.0 Å². The van der Waals surface area contributed by atoms with Gasteiger partial charge in [-0.1, -0.05) is 12.2 Å². The Bertz CT molecular complexity index is 439. The van der Waals surface area contributed by atoms with Crippen LogP contribution in [0.25, 0.3) is 0 Å². The lowest BCUT2D eigenvalue weighted by Crippen LogP contribution is -2.42. The first-order valence-corrected chi connectivity index (χ1v) is 5.84. The van der Waals surface area contributed by atoms with Crippen molar-refractivity contribution in [3.05, 3.63) is 24.0 Å². The first kappa shape index (κ1) is 11.8. The third-order valence-electron chi connectivity index (χ3n) is 2.71. The van der Waals surface area contributed by atoms with E-state index in [0.29, 0.717) is 18.0 Å². The molecule has 1 amide bonds. The fourth-order valence-electron chi connectivity index (χ4n) is 1.80. The lowest BCUT2D eigenvalue weighted by atomic mass is 10.1. The van der Waals surface area contributed by atoms with Crippen LogP contribution in [-0.2, 0) is 4.79 Å². The van der Waals surface area contributed by atoms with E-state index in [1.165, 1.54) is 0 Å². The van der Waals surface area contributed by atoms with Gasteiger partial charge in [0.05, 0.1) is 11.9 Å². The predicted molar refractivity (Wildman–Crippen MR) is 69.8 cm³/mol. The molecule has 1 aromatic heterocycles. The van der Waals surface area contributed by atoms with Crippen LogP contribution >= 0.6 is 12.2 Å². The van der Waals surface area contributed by atoms with Crippen molar-refractivity contribution in [3.63, 3.8) is 0 Å². The SMILES string of the molecule is NC(=S)c1ccncc1NC1CCC(=O)NC1. The van der Waals surface area contributed by atoms with Crippen molar-refractivity contribution in [2.24, 2.45) is 5.73 Å². The van der Waals surface area contributed by atoms with Crippen LogP contribution in [-0.4, -0.2) is 28.5 Å². The highest BCUT2D eigenvalue weighted by Crippen LogP contribution is 2.16. The van der Waals surface area contributed by atoms with Gasteiger partial charge in [-0.3, -0.25) is 9.78 Å². The summed E-state index contributed by atoms with van der Waals surface area (Å²) in [6.07, 6.45) is 4.70. The molecule has 1 atom stereocenters. The molecule has 0 aliphatic carbocycles. The molecule has 0 spiro atoms. The summed E-state index contributed by atoms with van der Waals surface area (Å²) in [4.78, 5) is 15.4. The second-order valence-electron chi connectivity index (χ2n) is 3.97. The molecule has 90 valence electrons. The topological polar surface area (TPSA) is 80.0 Å². The van der Waals surface area contributed by atoms with Crippen molar-refractivity contribution in [2.75, 3.05) is 11.9 Å². The molecule has 5 nitrogen and oxygen atoms in total. The van der Waals surface area contributed by atoms with E-state index < -0.39 is 0 Å². The molecule has 2 rings (SSSR count). The molecule has 17 heavy (non-hydrogen) atoms. The molecule has 6 heteroatoms. The van der Waals surface area contributed by atoms with Gasteiger partial charge in [0.2, 0.25) is 5.91 Å². The monoisotopic (exact) mass is 250 g/mol. The van der Waals surface area contributed by atoms with Crippen LogP contribution in [0.5, 0.6) is 0 Å². The van der Waals surface area contributed by atoms with E-state index in [0.717, 1.165) is 17.7 Å². The molecule has 1 unspecified atom stereocenters. The van der Waals surface area contributed by atoms with E-state index in [1.54, 1.807) is 18.5 Å². The van der Waals surface area contributed by atoms with E-state index in [-0.39, 0.29) is 11.9 Å².